The molecule has 1 aliphatic heterocycles. The third-order valence-corrected chi connectivity index (χ3v) is 5.56. The number of aromatic nitrogens is 2. The van der Waals surface area contributed by atoms with Crippen molar-refractivity contribution in [2.75, 3.05) is 13.2 Å². The SMILES string of the molecule is CCOc1ccc(CC(=O)O)cc1-c1ccc(F)c2c1CN(C(=O)OCc1cnccn1)CC2. The summed E-state index contributed by atoms with van der Waals surface area (Å²) in [6.07, 6.45) is 4.22. The number of ether oxygens (including phenoxy) is 2. The zero-order valence-electron chi connectivity index (χ0n) is 18.7. The minimum absolute atomic E-state index is 0.0161. The molecule has 2 heterocycles. The minimum atomic E-state index is -0.951. The number of hydrogen-bond acceptors (Lipinski definition) is 6. The van der Waals surface area contributed by atoms with Crippen molar-refractivity contribution >= 4 is 12.1 Å². The second kappa shape index (κ2) is 10.3. The van der Waals surface area contributed by atoms with Crippen LogP contribution in [0.25, 0.3) is 11.1 Å². The van der Waals surface area contributed by atoms with Gasteiger partial charge >= 0.3 is 12.1 Å². The molecule has 0 saturated heterocycles. The molecule has 0 aliphatic carbocycles. The Hall–Kier alpha value is -4.01. The van der Waals surface area contributed by atoms with Gasteiger partial charge in [0.1, 0.15) is 18.2 Å². The first-order valence-corrected chi connectivity index (χ1v) is 10.9. The maximum Gasteiger partial charge on any atom is 0.410 e. The zero-order chi connectivity index (χ0) is 24.1. The molecule has 0 radical (unpaired) electrons. The smallest absolute Gasteiger partial charge is 0.410 e. The molecule has 8 nitrogen and oxygen atoms in total. The van der Waals surface area contributed by atoms with Crippen molar-refractivity contribution in [2.45, 2.75) is 32.9 Å². The Balaban J connectivity index is 1.65. The van der Waals surface area contributed by atoms with Gasteiger partial charge in [-0.05, 0) is 53.8 Å². The number of carbonyl (C=O) groups is 2. The number of benzene rings is 2. The summed E-state index contributed by atoms with van der Waals surface area (Å²) < 4.78 is 25.9. The van der Waals surface area contributed by atoms with Gasteiger partial charge in [-0.25, -0.2) is 9.18 Å². The van der Waals surface area contributed by atoms with Crippen LogP contribution in [0, 0.1) is 5.82 Å². The molecule has 0 unspecified atom stereocenters. The zero-order valence-corrected chi connectivity index (χ0v) is 18.7. The van der Waals surface area contributed by atoms with Crippen LogP contribution in [-0.4, -0.2) is 45.2 Å². The fraction of sp³-hybridized carbons (Fsp3) is 0.280. The Morgan fingerprint density at radius 2 is 2.00 bits per heavy atom. The van der Waals surface area contributed by atoms with Crippen LogP contribution in [0.1, 0.15) is 29.3 Å². The molecule has 1 N–H and O–H groups in total. The summed E-state index contributed by atoms with van der Waals surface area (Å²) >= 11 is 0. The van der Waals surface area contributed by atoms with Crippen LogP contribution in [-0.2, 0) is 35.5 Å². The lowest BCUT2D eigenvalue weighted by Gasteiger charge is -2.30. The predicted molar refractivity (Wildman–Crippen MR) is 121 cm³/mol. The van der Waals surface area contributed by atoms with Crippen molar-refractivity contribution in [3.63, 3.8) is 0 Å². The first-order valence-electron chi connectivity index (χ1n) is 10.9. The van der Waals surface area contributed by atoms with Crippen LogP contribution in [0.5, 0.6) is 5.75 Å². The van der Waals surface area contributed by atoms with E-state index in [-0.39, 0.29) is 25.4 Å². The summed E-state index contributed by atoms with van der Waals surface area (Å²) in [6.45, 7) is 2.71. The summed E-state index contributed by atoms with van der Waals surface area (Å²) in [5.41, 5.74) is 3.65. The maximum absolute atomic E-state index is 14.7. The van der Waals surface area contributed by atoms with Gasteiger partial charge in [0.15, 0.2) is 0 Å². The highest BCUT2D eigenvalue weighted by Crippen LogP contribution is 2.38. The topological polar surface area (TPSA) is 102 Å². The second-order valence-corrected chi connectivity index (χ2v) is 7.81. The highest BCUT2D eigenvalue weighted by Gasteiger charge is 2.27. The van der Waals surface area contributed by atoms with E-state index in [0.29, 0.717) is 58.8 Å². The van der Waals surface area contributed by atoms with E-state index >= 15 is 0 Å². The third kappa shape index (κ3) is 5.14. The van der Waals surface area contributed by atoms with Crippen molar-refractivity contribution in [2.24, 2.45) is 0 Å². The summed E-state index contributed by atoms with van der Waals surface area (Å²) in [7, 11) is 0. The van der Waals surface area contributed by atoms with Gasteiger partial charge in [0.2, 0.25) is 0 Å². The van der Waals surface area contributed by atoms with Gasteiger partial charge in [-0.3, -0.25) is 14.8 Å². The lowest BCUT2D eigenvalue weighted by molar-refractivity contribution is -0.136. The molecule has 1 amide bonds. The minimum Gasteiger partial charge on any atom is -0.493 e. The van der Waals surface area contributed by atoms with Gasteiger partial charge in [-0.2, -0.15) is 0 Å². The largest absolute Gasteiger partial charge is 0.493 e. The Labute approximate surface area is 196 Å². The molecule has 4 rings (SSSR count). The second-order valence-electron chi connectivity index (χ2n) is 7.81. The molecule has 2 aromatic carbocycles. The van der Waals surface area contributed by atoms with E-state index in [9.17, 15) is 19.1 Å². The molecule has 1 aromatic heterocycles. The molecular formula is C25H24FN3O5. The quantitative estimate of drug-likeness (QED) is 0.563. The normalized spacial score (nSPS) is 12.7. The van der Waals surface area contributed by atoms with Gasteiger partial charge in [0, 0.05) is 31.0 Å². The van der Waals surface area contributed by atoms with Crippen LogP contribution >= 0.6 is 0 Å². The van der Waals surface area contributed by atoms with E-state index < -0.39 is 12.1 Å². The summed E-state index contributed by atoms with van der Waals surface area (Å²) in [5.74, 6) is -0.730. The molecular weight excluding hydrogens is 441 g/mol. The van der Waals surface area contributed by atoms with Crippen LogP contribution in [0.3, 0.4) is 0 Å². The Kier molecular flexibility index (Phi) is 7.01. The fourth-order valence-electron chi connectivity index (χ4n) is 4.03. The molecule has 0 bridgehead atoms. The number of hydrogen-bond donors (Lipinski definition) is 1. The first kappa shape index (κ1) is 23.2. The summed E-state index contributed by atoms with van der Waals surface area (Å²) in [6, 6.07) is 8.22. The van der Waals surface area contributed by atoms with Gasteiger partial charge in [-0.1, -0.05) is 12.1 Å². The number of fused-ring (bicyclic) bond motifs is 1. The monoisotopic (exact) mass is 465 g/mol. The van der Waals surface area contributed by atoms with E-state index in [4.69, 9.17) is 9.47 Å². The number of carboxylic acids is 1. The predicted octanol–water partition coefficient (Wildman–Crippen LogP) is 4.00. The van der Waals surface area contributed by atoms with Crippen molar-refractivity contribution in [1.82, 2.24) is 14.9 Å². The molecule has 176 valence electrons. The van der Waals surface area contributed by atoms with Crippen LogP contribution in [0.4, 0.5) is 9.18 Å². The number of rotatable bonds is 7. The van der Waals surface area contributed by atoms with Crippen LogP contribution in [0.2, 0.25) is 0 Å². The molecule has 9 heteroatoms. The highest BCUT2D eigenvalue weighted by molar-refractivity contribution is 5.78. The van der Waals surface area contributed by atoms with E-state index in [1.54, 1.807) is 24.3 Å². The van der Waals surface area contributed by atoms with Crippen molar-refractivity contribution in [3.8, 4) is 16.9 Å². The number of amides is 1. The molecule has 3 aromatic rings. The first-order chi connectivity index (χ1) is 16.5. The molecule has 0 fully saturated rings. The number of aliphatic carboxylic acids is 1. The van der Waals surface area contributed by atoms with Crippen molar-refractivity contribution < 1.29 is 28.6 Å². The van der Waals surface area contributed by atoms with Gasteiger partial charge in [-0.15, -0.1) is 0 Å². The van der Waals surface area contributed by atoms with Gasteiger partial charge in [0.25, 0.3) is 0 Å². The fourth-order valence-corrected chi connectivity index (χ4v) is 4.03. The number of carboxylic acid groups (broad SMARTS) is 1. The molecule has 0 saturated carbocycles. The number of carbonyl (C=O) groups excluding carboxylic acids is 1. The molecule has 0 atom stereocenters. The van der Waals surface area contributed by atoms with Crippen LogP contribution in [0.15, 0.2) is 48.9 Å². The average Bonchev–Trinajstić information content (AvgIpc) is 2.84. The maximum atomic E-state index is 14.7. The average molecular weight is 465 g/mol. The standard InChI is InChI=1S/C25H24FN3O5/c1-2-33-23-6-3-16(12-24(30)31)11-20(23)18-4-5-22(26)19-7-10-29(14-21(18)19)25(32)34-15-17-13-27-8-9-28-17/h3-6,8-9,11,13H,2,7,10,12,14-15H2,1H3,(H,30,31). The lowest BCUT2D eigenvalue weighted by atomic mass is 9.89. The highest BCUT2D eigenvalue weighted by atomic mass is 19.1. The van der Waals surface area contributed by atoms with Gasteiger partial charge < -0.3 is 19.5 Å². The van der Waals surface area contributed by atoms with Crippen molar-refractivity contribution in [3.05, 3.63) is 77.1 Å². The van der Waals surface area contributed by atoms with Gasteiger partial charge in [0.05, 0.1) is 24.9 Å². The van der Waals surface area contributed by atoms with E-state index in [0.717, 1.165) is 0 Å². The van der Waals surface area contributed by atoms with Crippen LogP contribution < -0.4 is 4.74 Å². The molecule has 0 spiro atoms. The Morgan fingerprint density at radius 1 is 1.15 bits per heavy atom. The third-order valence-electron chi connectivity index (χ3n) is 5.56. The Bertz CT molecular complexity index is 1200. The van der Waals surface area contributed by atoms with E-state index in [1.165, 1.54) is 29.6 Å². The number of nitrogens with zero attached hydrogens (tertiary/aromatic N) is 3. The van der Waals surface area contributed by atoms with E-state index in [2.05, 4.69) is 9.97 Å². The molecule has 34 heavy (non-hydrogen) atoms. The molecule has 1 aliphatic rings. The van der Waals surface area contributed by atoms with Crippen molar-refractivity contribution in [1.29, 1.82) is 0 Å². The summed E-state index contributed by atoms with van der Waals surface area (Å²) in [5, 5.41) is 9.21. The Morgan fingerprint density at radius 3 is 2.74 bits per heavy atom. The number of halogens is 1. The lowest BCUT2D eigenvalue weighted by Crippen LogP contribution is -2.37. The summed E-state index contributed by atoms with van der Waals surface area (Å²) in [4.78, 5) is 33.5. The van der Waals surface area contributed by atoms with E-state index in [1.807, 2.05) is 6.92 Å².